The Morgan fingerprint density at radius 3 is 2.38 bits per heavy atom. The van der Waals surface area contributed by atoms with Gasteiger partial charge in [0.05, 0.1) is 15.5 Å². The largest absolute Gasteiger partial charge is 0.478 e. The third kappa shape index (κ3) is 2.50. The van der Waals surface area contributed by atoms with E-state index in [0.29, 0.717) is 0 Å². The lowest BCUT2D eigenvalue weighted by atomic mass is 10.2. The van der Waals surface area contributed by atoms with Crippen molar-refractivity contribution in [3.8, 4) is 0 Å². The molecule has 0 unspecified atom stereocenters. The number of benzene rings is 1. The number of rotatable bonds is 3. The van der Waals surface area contributed by atoms with Gasteiger partial charge in [-0.1, -0.05) is 11.6 Å². The highest BCUT2D eigenvalue weighted by molar-refractivity contribution is 7.99. The first-order chi connectivity index (χ1) is 7.29. The molecular weight excluding hydrogens is 272 g/mol. The summed E-state index contributed by atoms with van der Waals surface area (Å²) >= 11 is 6.94. The molecule has 0 aliphatic heterocycles. The first kappa shape index (κ1) is 13.3. The van der Waals surface area contributed by atoms with Gasteiger partial charge in [-0.15, -0.1) is 11.8 Å². The monoisotopic (exact) mass is 280 g/mol. The molecule has 0 heterocycles. The van der Waals surface area contributed by atoms with Crippen LogP contribution in [0.25, 0.3) is 0 Å². The van der Waals surface area contributed by atoms with E-state index in [9.17, 15) is 13.2 Å². The van der Waals surface area contributed by atoms with Gasteiger partial charge in [-0.25, -0.2) is 13.2 Å². The molecule has 1 aromatic rings. The summed E-state index contributed by atoms with van der Waals surface area (Å²) in [7, 11) is -3.63. The maximum atomic E-state index is 11.6. The maximum Gasteiger partial charge on any atom is 0.337 e. The highest BCUT2D eigenvalue weighted by Crippen LogP contribution is 2.34. The summed E-state index contributed by atoms with van der Waals surface area (Å²) in [5, 5.41) is 9.16. The quantitative estimate of drug-likeness (QED) is 0.859. The molecule has 0 aromatic heterocycles. The van der Waals surface area contributed by atoms with Crippen LogP contribution in [0.5, 0.6) is 0 Å². The number of carboxylic acids is 1. The molecule has 16 heavy (non-hydrogen) atoms. The van der Waals surface area contributed by atoms with Crippen molar-refractivity contribution in [1.82, 2.24) is 0 Å². The van der Waals surface area contributed by atoms with E-state index in [4.69, 9.17) is 16.7 Å². The lowest BCUT2D eigenvalue weighted by molar-refractivity contribution is 0.0692. The minimum Gasteiger partial charge on any atom is -0.478 e. The Kier molecular flexibility index (Phi) is 3.88. The molecule has 1 N–H and O–H groups in total. The summed E-state index contributed by atoms with van der Waals surface area (Å²) < 4.78 is 23.1. The molecule has 0 aliphatic carbocycles. The van der Waals surface area contributed by atoms with Crippen LogP contribution in [0.3, 0.4) is 0 Å². The molecule has 7 heteroatoms. The molecule has 4 nitrogen and oxygen atoms in total. The van der Waals surface area contributed by atoms with Crippen LogP contribution in [0.4, 0.5) is 0 Å². The highest BCUT2D eigenvalue weighted by Gasteiger charge is 2.24. The first-order valence-electron chi connectivity index (χ1n) is 4.09. The van der Waals surface area contributed by atoms with Gasteiger partial charge in [0, 0.05) is 11.2 Å². The Bertz CT molecular complexity index is 537. The molecule has 0 aliphatic rings. The lowest BCUT2D eigenvalue weighted by Gasteiger charge is -2.10. The van der Waals surface area contributed by atoms with Crippen molar-refractivity contribution < 1.29 is 18.3 Å². The number of thioether (sulfide) groups is 1. The Morgan fingerprint density at radius 2 is 2.00 bits per heavy atom. The van der Waals surface area contributed by atoms with Crippen molar-refractivity contribution in [3.05, 3.63) is 22.7 Å². The lowest BCUT2D eigenvalue weighted by Crippen LogP contribution is -2.09. The van der Waals surface area contributed by atoms with Gasteiger partial charge in [-0.3, -0.25) is 0 Å². The zero-order chi connectivity index (χ0) is 12.5. The van der Waals surface area contributed by atoms with Gasteiger partial charge in [0.1, 0.15) is 0 Å². The van der Waals surface area contributed by atoms with Crippen LogP contribution in [-0.2, 0) is 9.84 Å². The van der Waals surface area contributed by atoms with E-state index in [1.54, 1.807) is 6.26 Å². The van der Waals surface area contributed by atoms with E-state index in [1.807, 2.05) is 0 Å². The standard InChI is InChI=1S/C9H9ClO4S2/c1-15-7-6(10)4-3-5(9(11)12)8(7)16(2,13)14/h3-4H,1-2H3,(H,11,12). The van der Waals surface area contributed by atoms with Gasteiger partial charge < -0.3 is 5.11 Å². The van der Waals surface area contributed by atoms with E-state index in [0.717, 1.165) is 18.0 Å². The number of carboxylic acid groups (broad SMARTS) is 1. The second-order valence-corrected chi connectivity index (χ2v) is 6.21. The molecule has 0 saturated carbocycles. The fraction of sp³-hybridized carbons (Fsp3) is 0.222. The number of sulfone groups is 1. The second-order valence-electron chi connectivity index (χ2n) is 3.03. The van der Waals surface area contributed by atoms with Crippen LogP contribution in [0.1, 0.15) is 10.4 Å². The normalized spacial score (nSPS) is 11.4. The molecular formula is C9H9ClO4S2. The van der Waals surface area contributed by atoms with Gasteiger partial charge in [-0.05, 0) is 18.4 Å². The van der Waals surface area contributed by atoms with Crippen molar-refractivity contribution in [2.24, 2.45) is 0 Å². The summed E-state index contributed by atoms with van der Waals surface area (Å²) in [5.41, 5.74) is -0.253. The van der Waals surface area contributed by atoms with Crippen molar-refractivity contribution in [2.45, 2.75) is 9.79 Å². The predicted molar refractivity (Wildman–Crippen MR) is 63.3 cm³/mol. The molecule has 0 radical (unpaired) electrons. The number of carbonyl (C=O) groups is 1. The van der Waals surface area contributed by atoms with E-state index in [1.165, 1.54) is 12.1 Å². The third-order valence-corrected chi connectivity index (χ3v) is 4.42. The number of hydrogen-bond acceptors (Lipinski definition) is 4. The molecule has 88 valence electrons. The average molecular weight is 281 g/mol. The van der Waals surface area contributed by atoms with Gasteiger partial charge in [0.15, 0.2) is 9.84 Å². The number of aromatic carboxylic acids is 1. The number of hydrogen-bond donors (Lipinski definition) is 1. The van der Waals surface area contributed by atoms with Crippen LogP contribution in [-0.4, -0.2) is 32.0 Å². The number of halogens is 1. The van der Waals surface area contributed by atoms with Crippen molar-refractivity contribution in [2.75, 3.05) is 12.5 Å². The maximum absolute atomic E-state index is 11.6. The van der Waals surface area contributed by atoms with Crippen LogP contribution >= 0.6 is 23.4 Å². The van der Waals surface area contributed by atoms with Crippen LogP contribution in [0, 0.1) is 0 Å². The van der Waals surface area contributed by atoms with Crippen LogP contribution < -0.4 is 0 Å². The third-order valence-electron chi connectivity index (χ3n) is 1.87. The summed E-state index contributed by atoms with van der Waals surface area (Å²) in [5.74, 6) is -1.28. The topological polar surface area (TPSA) is 71.4 Å². The summed E-state index contributed by atoms with van der Waals surface area (Å²) in [6.45, 7) is 0. The fourth-order valence-electron chi connectivity index (χ4n) is 1.27. The Labute approximate surface area is 103 Å². The Hall–Kier alpha value is -0.720. The summed E-state index contributed by atoms with van der Waals surface area (Å²) in [4.78, 5) is 11.0. The van der Waals surface area contributed by atoms with Crippen molar-refractivity contribution in [3.63, 3.8) is 0 Å². The first-order valence-corrected chi connectivity index (χ1v) is 7.58. The SMILES string of the molecule is CSc1c(Cl)ccc(C(=O)O)c1S(C)(=O)=O. The van der Waals surface area contributed by atoms with E-state index < -0.39 is 15.8 Å². The molecule has 0 bridgehead atoms. The van der Waals surface area contributed by atoms with Crippen LogP contribution in [0.15, 0.2) is 21.9 Å². The molecule has 0 atom stereocenters. The predicted octanol–water partition coefficient (Wildman–Crippen LogP) is 2.16. The van der Waals surface area contributed by atoms with Crippen LogP contribution in [0.2, 0.25) is 5.02 Å². The molecule has 0 amide bonds. The second kappa shape index (κ2) is 4.65. The zero-order valence-electron chi connectivity index (χ0n) is 8.52. The zero-order valence-corrected chi connectivity index (χ0v) is 10.9. The molecule has 0 fully saturated rings. The minimum atomic E-state index is -3.63. The van der Waals surface area contributed by atoms with E-state index >= 15 is 0 Å². The average Bonchev–Trinajstić information content (AvgIpc) is 2.15. The summed E-state index contributed by atoms with van der Waals surface area (Å²) in [6.07, 6.45) is 2.60. The molecule has 1 rings (SSSR count). The smallest absolute Gasteiger partial charge is 0.337 e. The highest BCUT2D eigenvalue weighted by atomic mass is 35.5. The minimum absolute atomic E-state index is 0.222. The van der Waals surface area contributed by atoms with E-state index in [2.05, 4.69) is 0 Å². The molecule has 0 spiro atoms. The Morgan fingerprint density at radius 1 is 1.44 bits per heavy atom. The van der Waals surface area contributed by atoms with Crippen molar-refractivity contribution in [1.29, 1.82) is 0 Å². The fourth-order valence-corrected chi connectivity index (χ4v) is 3.97. The van der Waals surface area contributed by atoms with Gasteiger partial charge >= 0.3 is 5.97 Å². The van der Waals surface area contributed by atoms with Gasteiger partial charge in [0.2, 0.25) is 0 Å². The van der Waals surface area contributed by atoms with Crippen molar-refractivity contribution >= 4 is 39.2 Å². The van der Waals surface area contributed by atoms with Gasteiger partial charge in [-0.2, -0.15) is 0 Å². The van der Waals surface area contributed by atoms with Gasteiger partial charge in [0.25, 0.3) is 0 Å². The summed E-state index contributed by atoms with van der Waals surface area (Å²) in [6, 6.07) is 2.58. The Balaban J connectivity index is 3.75. The van der Waals surface area contributed by atoms with E-state index in [-0.39, 0.29) is 20.4 Å². The molecule has 1 aromatic carbocycles. The molecule has 0 saturated heterocycles.